The Balaban J connectivity index is 1.97. The summed E-state index contributed by atoms with van der Waals surface area (Å²) >= 11 is 0. The maximum atomic E-state index is 11.1. The summed E-state index contributed by atoms with van der Waals surface area (Å²) in [4.78, 5) is 11.1. The van der Waals surface area contributed by atoms with Crippen molar-refractivity contribution in [3.63, 3.8) is 0 Å². The number of ketones is 1. The van der Waals surface area contributed by atoms with Crippen LogP contribution in [0.5, 0.6) is 0 Å². The third-order valence-corrected chi connectivity index (χ3v) is 2.12. The first-order valence-electron chi connectivity index (χ1n) is 4.48. The fourth-order valence-corrected chi connectivity index (χ4v) is 1.21. The molecule has 0 saturated heterocycles. The molecule has 0 heterocycles. The lowest BCUT2D eigenvalue weighted by molar-refractivity contribution is -0.120. The van der Waals surface area contributed by atoms with Crippen molar-refractivity contribution in [3.8, 4) is 0 Å². The van der Waals surface area contributed by atoms with Crippen LogP contribution >= 0.6 is 0 Å². The van der Waals surface area contributed by atoms with Crippen LogP contribution in [-0.4, -0.2) is 11.8 Å². The normalized spacial score (nSPS) is 19.8. The minimum Gasteiger partial charge on any atom is -0.328 e. The molecule has 1 saturated carbocycles. The average molecular weight is 155 g/mol. The van der Waals surface area contributed by atoms with E-state index in [1.165, 1.54) is 0 Å². The summed E-state index contributed by atoms with van der Waals surface area (Å²) in [5.74, 6) is 0.897. The number of carbonyl (C=O) groups is 1. The van der Waals surface area contributed by atoms with Crippen LogP contribution in [0.15, 0.2) is 0 Å². The molecule has 1 rings (SSSR count). The minimum atomic E-state index is 0.252. The summed E-state index contributed by atoms with van der Waals surface area (Å²) in [6, 6.07) is 0.252. The molecule has 0 bridgehead atoms. The van der Waals surface area contributed by atoms with E-state index in [9.17, 15) is 4.79 Å². The molecule has 1 aliphatic carbocycles. The van der Waals surface area contributed by atoms with Crippen LogP contribution in [0.25, 0.3) is 0 Å². The SMILES string of the molecule is CC(N)CCCC(=O)C1CC1. The zero-order valence-corrected chi connectivity index (χ0v) is 7.18. The lowest BCUT2D eigenvalue weighted by Gasteiger charge is -2.02. The van der Waals surface area contributed by atoms with E-state index < -0.39 is 0 Å². The largest absolute Gasteiger partial charge is 0.328 e. The maximum Gasteiger partial charge on any atom is 0.135 e. The number of hydrogen-bond donors (Lipinski definition) is 1. The highest BCUT2D eigenvalue weighted by Crippen LogP contribution is 2.31. The molecule has 64 valence electrons. The van der Waals surface area contributed by atoms with Gasteiger partial charge in [-0.2, -0.15) is 0 Å². The fraction of sp³-hybridized carbons (Fsp3) is 0.889. The van der Waals surface area contributed by atoms with E-state index in [4.69, 9.17) is 5.73 Å². The summed E-state index contributed by atoms with van der Waals surface area (Å²) in [6.45, 7) is 1.99. The Kier molecular flexibility index (Phi) is 3.06. The van der Waals surface area contributed by atoms with Gasteiger partial charge in [-0.1, -0.05) is 0 Å². The fourth-order valence-electron chi connectivity index (χ4n) is 1.21. The van der Waals surface area contributed by atoms with Crippen molar-refractivity contribution in [2.75, 3.05) is 0 Å². The molecule has 1 fully saturated rings. The van der Waals surface area contributed by atoms with Gasteiger partial charge >= 0.3 is 0 Å². The number of Topliss-reactive ketones (excluding diaryl/α,β-unsaturated/α-hetero) is 1. The predicted molar refractivity (Wildman–Crippen MR) is 45.2 cm³/mol. The second kappa shape index (κ2) is 3.86. The first kappa shape index (κ1) is 8.72. The molecule has 1 atom stereocenters. The molecular formula is C9H17NO. The van der Waals surface area contributed by atoms with Gasteiger partial charge < -0.3 is 5.73 Å². The Morgan fingerprint density at radius 2 is 2.27 bits per heavy atom. The van der Waals surface area contributed by atoms with Crippen LogP contribution in [0.2, 0.25) is 0 Å². The molecule has 0 amide bonds. The van der Waals surface area contributed by atoms with Crippen LogP contribution < -0.4 is 5.73 Å². The summed E-state index contributed by atoms with van der Waals surface area (Å²) < 4.78 is 0. The van der Waals surface area contributed by atoms with E-state index in [-0.39, 0.29) is 6.04 Å². The quantitative estimate of drug-likeness (QED) is 0.653. The number of hydrogen-bond acceptors (Lipinski definition) is 2. The monoisotopic (exact) mass is 155 g/mol. The summed E-state index contributed by atoms with van der Waals surface area (Å²) in [7, 11) is 0. The molecule has 1 unspecified atom stereocenters. The van der Waals surface area contributed by atoms with E-state index in [1.807, 2.05) is 6.92 Å². The van der Waals surface area contributed by atoms with Gasteiger partial charge in [-0.15, -0.1) is 0 Å². The predicted octanol–water partition coefficient (Wildman–Crippen LogP) is 1.48. The molecule has 0 radical (unpaired) electrons. The van der Waals surface area contributed by atoms with E-state index in [2.05, 4.69) is 0 Å². The third kappa shape index (κ3) is 3.51. The lowest BCUT2D eigenvalue weighted by atomic mass is 10.1. The van der Waals surface area contributed by atoms with Crippen molar-refractivity contribution >= 4 is 5.78 Å². The van der Waals surface area contributed by atoms with E-state index >= 15 is 0 Å². The van der Waals surface area contributed by atoms with E-state index in [1.54, 1.807) is 0 Å². The molecule has 2 nitrogen and oxygen atoms in total. The van der Waals surface area contributed by atoms with Crippen LogP contribution in [0, 0.1) is 5.92 Å². The molecule has 0 aromatic carbocycles. The van der Waals surface area contributed by atoms with Gasteiger partial charge in [0.05, 0.1) is 0 Å². The molecule has 0 spiro atoms. The minimum absolute atomic E-state index is 0.252. The highest BCUT2D eigenvalue weighted by Gasteiger charge is 2.28. The zero-order valence-electron chi connectivity index (χ0n) is 7.18. The van der Waals surface area contributed by atoms with Crippen LogP contribution in [0.3, 0.4) is 0 Å². The van der Waals surface area contributed by atoms with Gasteiger partial charge in [0, 0.05) is 18.4 Å². The molecule has 0 aromatic rings. The highest BCUT2D eigenvalue weighted by atomic mass is 16.1. The smallest absolute Gasteiger partial charge is 0.135 e. The molecule has 2 N–H and O–H groups in total. The van der Waals surface area contributed by atoms with Gasteiger partial charge in [0.15, 0.2) is 0 Å². The summed E-state index contributed by atoms with van der Waals surface area (Å²) in [5.41, 5.74) is 5.56. The number of nitrogens with two attached hydrogens (primary N) is 1. The molecule has 1 aliphatic rings. The maximum absolute atomic E-state index is 11.1. The van der Waals surface area contributed by atoms with Gasteiger partial charge in [-0.3, -0.25) is 4.79 Å². The van der Waals surface area contributed by atoms with E-state index in [0.29, 0.717) is 11.7 Å². The Morgan fingerprint density at radius 1 is 1.64 bits per heavy atom. The van der Waals surface area contributed by atoms with Crippen molar-refractivity contribution in [2.24, 2.45) is 11.7 Å². The third-order valence-electron chi connectivity index (χ3n) is 2.12. The highest BCUT2D eigenvalue weighted by molar-refractivity contribution is 5.82. The number of carbonyl (C=O) groups excluding carboxylic acids is 1. The van der Waals surface area contributed by atoms with Crippen molar-refractivity contribution < 1.29 is 4.79 Å². The molecular weight excluding hydrogens is 138 g/mol. The summed E-state index contributed by atoms with van der Waals surface area (Å²) in [5, 5.41) is 0. The molecule has 2 heteroatoms. The van der Waals surface area contributed by atoms with Crippen LogP contribution in [-0.2, 0) is 4.79 Å². The first-order chi connectivity index (χ1) is 5.20. The molecule has 11 heavy (non-hydrogen) atoms. The van der Waals surface area contributed by atoms with Gasteiger partial charge in [0.1, 0.15) is 5.78 Å². The molecule has 0 aliphatic heterocycles. The summed E-state index contributed by atoms with van der Waals surface area (Å²) in [6.07, 6.45) is 4.99. The Hall–Kier alpha value is -0.370. The van der Waals surface area contributed by atoms with Gasteiger partial charge in [-0.05, 0) is 32.6 Å². The van der Waals surface area contributed by atoms with Gasteiger partial charge in [0.25, 0.3) is 0 Å². The first-order valence-corrected chi connectivity index (χ1v) is 4.48. The Morgan fingerprint density at radius 3 is 2.73 bits per heavy atom. The number of rotatable bonds is 5. The van der Waals surface area contributed by atoms with Crippen molar-refractivity contribution in [3.05, 3.63) is 0 Å². The standard InChI is InChI=1S/C9H17NO/c1-7(10)3-2-4-9(11)8-5-6-8/h7-8H,2-6,10H2,1H3. The Labute approximate surface area is 68.2 Å². The zero-order chi connectivity index (χ0) is 8.27. The van der Waals surface area contributed by atoms with Crippen molar-refractivity contribution in [2.45, 2.75) is 45.1 Å². The van der Waals surface area contributed by atoms with E-state index in [0.717, 1.165) is 32.1 Å². The van der Waals surface area contributed by atoms with Crippen LogP contribution in [0.4, 0.5) is 0 Å². The second-order valence-corrected chi connectivity index (χ2v) is 3.61. The molecule has 0 aromatic heterocycles. The van der Waals surface area contributed by atoms with Crippen molar-refractivity contribution in [1.29, 1.82) is 0 Å². The Bertz CT molecular complexity index is 138. The second-order valence-electron chi connectivity index (χ2n) is 3.61. The van der Waals surface area contributed by atoms with Crippen LogP contribution in [0.1, 0.15) is 39.0 Å². The van der Waals surface area contributed by atoms with Gasteiger partial charge in [-0.25, -0.2) is 0 Å². The topological polar surface area (TPSA) is 43.1 Å². The lowest BCUT2D eigenvalue weighted by Crippen LogP contribution is -2.15. The van der Waals surface area contributed by atoms with Crippen molar-refractivity contribution in [1.82, 2.24) is 0 Å². The van der Waals surface area contributed by atoms with Gasteiger partial charge in [0.2, 0.25) is 0 Å². The average Bonchev–Trinajstić information content (AvgIpc) is 2.66.